The summed E-state index contributed by atoms with van der Waals surface area (Å²) >= 11 is 7.87. The quantitative estimate of drug-likeness (QED) is 0.451. The van der Waals surface area contributed by atoms with Gasteiger partial charge in [-0.15, -0.1) is 11.3 Å². The minimum Gasteiger partial charge on any atom is -0.133 e. The molecule has 0 saturated heterocycles. The minimum atomic E-state index is 1.19. The highest BCUT2D eigenvalue weighted by molar-refractivity contribution is 14.1. The second kappa shape index (κ2) is 3.71. The van der Waals surface area contributed by atoms with Crippen molar-refractivity contribution < 1.29 is 0 Å². The lowest BCUT2D eigenvalue weighted by Crippen LogP contribution is -1.69. The highest BCUT2D eigenvalue weighted by atomic mass is 127. The molecule has 15 heavy (non-hydrogen) atoms. The average molecular weight is 389 g/mol. The molecule has 0 atom stereocenters. The van der Waals surface area contributed by atoms with Crippen LogP contribution < -0.4 is 0 Å². The molecule has 1 aromatic heterocycles. The van der Waals surface area contributed by atoms with E-state index in [2.05, 4.69) is 74.9 Å². The molecule has 0 radical (unpaired) electrons. The van der Waals surface area contributed by atoms with Gasteiger partial charge in [-0.3, -0.25) is 0 Å². The molecule has 3 heteroatoms. The van der Waals surface area contributed by atoms with Crippen molar-refractivity contribution in [3.63, 3.8) is 0 Å². The summed E-state index contributed by atoms with van der Waals surface area (Å²) in [5.41, 5.74) is 0. The Morgan fingerprint density at radius 1 is 0.933 bits per heavy atom. The third-order valence-corrected chi connectivity index (χ3v) is 5.90. The Morgan fingerprint density at radius 2 is 1.60 bits per heavy atom. The summed E-state index contributed by atoms with van der Waals surface area (Å²) in [5, 5.41) is 2.71. The van der Waals surface area contributed by atoms with E-state index in [1.807, 2.05) is 11.3 Å². The fourth-order valence-corrected chi connectivity index (χ4v) is 4.30. The average Bonchev–Trinajstić information content (AvgIpc) is 2.60. The maximum absolute atomic E-state index is 3.61. The van der Waals surface area contributed by atoms with E-state index in [1.165, 1.54) is 28.2 Å². The van der Waals surface area contributed by atoms with Crippen LogP contribution >= 0.6 is 49.9 Å². The van der Waals surface area contributed by atoms with Crippen molar-refractivity contribution >= 4 is 70.0 Å². The van der Waals surface area contributed by atoms with Gasteiger partial charge in [0.25, 0.3) is 0 Å². The molecule has 0 saturated carbocycles. The number of rotatable bonds is 0. The Hall–Kier alpha value is -0.130. The van der Waals surface area contributed by atoms with Crippen LogP contribution in [0.1, 0.15) is 0 Å². The summed E-state index contributed by atoms with van der Waals surface area (Å²) in [4.78, 5) is 0. The summed E-state index contributed by atoms with van der Waals surface area (Å²) in [6.45, 7) is 0. The molecule has 0 bridgehead atoms. The van der Waals surface area contributed by atoms with Gasteiger partial charge in [-0.05, 0) is 50.7 Å². The minimum absolute atomic E-state index is 1.19. The van der Waals surface area contributed by atoms with Crippen LogP contribution in [0.25, 0.3) is 20.2 Å². The fourth-order valence-electron chi connectivity index (χ4n) is 1.75. The highest BCUT2D eigenvalue weighted by Crippen LogP contribution is 2.39. The van der Waals surface area contributed by atoms with Crippen LogP contribution in [0.15, 0.2) is 40.9 Å². The third-order valence-electron chi connectivity index (χ3n) is 2.43. The van der Waals surface area contributed by atoms with E-state index in [1.54, 1.807) is 0 Å². The zero-order valence-electron chi connectivity index (χ0n) is 7.63. The lowest BCUT2D eigenvalue weighted by Gasteiger charge is -1.93. The molecule has 0 aliphatic heterocycles. The SMILES string of the molecule is Brc1cccc2c1sc1c(I)cccc12. The molecule has 0 unspecified atom stereocenters. The maximum atomic E-state index is 3.61. The van der Waals surface area contributed by atoms with E-state index in [0.717, 1.165) is 0 Å². The first-order chi connectivity index (χ1) is 7.27. The van der Waals surface area contributed by atoms with Crippen LogP contribution in [0.2, 0.25) is 0 Å². The molecule has 3 rings (SSSR count). The van der Waals surface area contributed by atoms with Gasteiger partial charge in [0.05, 0.1) is 0 Å². The maximum Gasteiger partial charge on any atom is 0.0497 e. The van der Waals surface area contributed by atoms with Gasteiger partial charge in [0.1, 0.15) is 0 Å². The Balaban J connectivity index is 2.63. The van der Waals surface area contributed by atoms with E-state index in [-0.39, 0.29) is 0 Å². The molecule has 0 amide bonds. The summed E-state index contributed by atoms with van der Waals surface area (Å²) < 4.78 is 5.26. The number of thiophene rings is 1. The Bertz CT molecular complexity index is 601. The van der Waals surface area contributed by atoms with Crippen molar-refractivity contribution in [3.8, 4) is 0 Å². The van der Waals surface area contributed by atoms with Gasteiger partial charge < -0.3 is 0 Å². The standard InChI is InChI=1S/C12H6BrIS/c13-9-5-1-3-7-8-4-2-6-10(14)12(8)15-11(7)9/h1-6H. The molecule has 0 nitrogen and oxygen atoms in total. The molecular weight excluding hydrogens is 383 g/mol. The van der Waals surface area contributed by atoms with Gasteiger partial charge in [0.2, 0.25) is 0 Å². The van der Waals surface area contributed by atoms with Crippen LogP contribution in [-0.2, 0) is 0 Å². The third kappa shape index (κ3) is 1.52. The van der Waals surface area contributed by atoms with Gasteiger partial charge in [0, 0.05) is 28.2 Å². The van der Waals surface area contributed by atoms with E-state index >= 15 is 0 Å². The topological polar surface area (TPSA) is 0 Å². The molecule has 0 spiro atoms. The highest BCUT2D eigenvalue weighted by Gasteiger charge is 2.08. The zero-order valence-corrected chi connectivity index (χ0v) is 12.2. The lowest BCUT2D eigenvalue weighted by atomic mass is 10.2. The molecule has 3 aromatic rings. The summed E-state index contributed by atoms with van der Waals surface area (Å²) in [7, 11) is 0. The number of halogens is 2. The first-order valence-electron chi connectivity index (χ1n) is 4.52. The van der Waals surface area contributed by atoms with E-state index in [4.69, 9.17) is 0 Å². The smallest absolute Gasteiger partial charge is 0.0497 e. The van der Waals surface area contributed by atoms with E-state index in [9.17, 15) is 0 Å². The van der Waals surface area contributed by atoms with Gasteiger partial charge in [-0.25, -0.2) is 0 Å². The molecule has 74 valence electrons. The van der Waals surface area contributed by atoms with Crippen molar-refractivity contribution in [2.45, 2.75) is 0 Å². The second-order valence-corrected chi connectivity index (χ2v) is 6.37. The second-order valence-electron chi connectivity index (χ2n) is 3.34. The monoisotopic (exact) mass is 388 g/mol. The van der Waals surface area contributed by atoms with Crippen molar-refractivity contribution in [1.29, 1.82) is 0 Å². The van der Waals surface area contributed by atoms with Crippen LogP contribution in [-0.4, -0.2) is 0 Å². The molecule has 0 aliphatic rings. The Kier molecular flexibility index (Phi) is 2.49. The van der Waals surface area contributed by atoms with Gasteiger partial charge in [0.15, 0.2) is 0 Å². The van der Waals surface area contributed by atoms with Crippen LogP contribution in [0.3, 0.4) is 0 Å². The zero-order chi connectivity index (χ0) is 10.4. The fraction of sp³-hybridized carbons (Fsp3) is 0. The summed E-state index contributed by atoms with van der Waals surface area (Å²) in [6.07, 6.45) is 0. The Labute approximate surface area is 114 Å². The molecule has 0 aliphatic carbocycles. The van der Waals surface area contributed by atoms with Crippen LogP contribution in [0, 0.1) is 3.57 Å². The first-order valence-corrected chi connectivity index (χ1v) is 7.21. The normalized spacial score (nSPS) is 11.3. The Morgan fingerprint density at radius 3 is 2.40 bits per heavy atom. The van der Waals surface area contributed by atoms with Crippen LogP contribution in [0.5, 0.6) is 0 Å². The predicted molar refractivity (Wildman–Crippen MR) is 79.7 cm³/mol. The predicted octanol–water partition coefficient (Wildman–Crippen LogP) is 5.42. The number of fused-ring (bicyclic) bond motifs is 3. The van der Waals surface area contributed by atoms with E-state index < -0.39 is 0 Å². The largest absolute Gasteiger partial charge is 0.133 e. The van der Waals surface area contributed by atoms with Crippen molar-refractivity contribution in [2.24, 2.45) is 0 Å². The van der Waals surface area contributed by atoms with Crippen molar-refractivity contribution in [1.82, 2.24) is 0 Å². The van der Waals surface area contributed by atoms with E-state index in [0.29, 0.717) is 0 Å². The van der Waals surface area contributed by atoms with Gasteiger partial charge >= 0.3 is 0 Å². The number of benzene rings is 2. The summed E-state index contributed by atoms with van der Waals surface area (Å²) in [6, 6.07) is 12.9. The molecule has 0 N–H and O–H groups in total. The number of hydrogen-bond acceptors (Lipinski definition) is 1. The molecule has 0 fully saturated rings. The van der Waals surface area contributed by atoms with Crippen molar-refractivity contribution in [2.75, 3.05) is 0 Å². The molecule has 2 aromatic carbocycles. The van der Waals surface area contributed by atoms with Crippen molar-refractivity contribution in [3.05, 3.63) is 44.4 Å². The molecular formula is C12H6BrIS. The lowest BCUT2D eigenvalue weighted by molar-refractivity contribution is 1.78. The summed E-state index contributed by atoms with van der Waals surface area (Å²) in [5.74, 6) is 0. The van der Waals surface area contributed by atoms with Gasteiger partial charge in [-0.1, -0.05) is 24.3 Å². The van der Waals surface area contributed by atoms with Crippen LogP contribution in [0.4, 0.5) is 0 Å². The first kappa shape index (κ1) is 10.1. The number of hydrogen-bond donors (Lipinski definition) is 0. The molecule has 1 heterocycles. The van der Waals surface area contributed by atoms with Gasteiger partial charge in [-0.2, -0.15) is 0 Å².